The lowest BCUT2D eigenvalue weighted by molar-refractivity contribution is -0.132. The van der Waals surface area contributed by atoms with E-state index in [2.05, 4.69) is 4.98 Å². The van der Waals surface area contributed by atoms with Gasteiger partial charge in [-0.15, -0.1) is 0 Å². The van der Waals surface area contributed by atoms with E-state index in [1.54, 1.807) is 6.20 Å². The highest BCUT2D eigenvalue weighted by Crippen LogP contribution is 2.43. The Kier molecular flexibility index (Phi) is 5.21. The average Bonchev–Trinajstić information content (AvgIpc) is 3.38. The number of aliphatic hydroxyl groups excluding tert-OH is 1. The molecule has 0 aliphatic carbocycles. The van der Waals surface area contributed by atoms with Crippen LogP contribution in [0.2, 0.25) is 0 Å². The normalized spacial score (nSPS) is 17.5. The Labute approximate surface area is 197 Å². The average molecular weight is 452 g/mol. The Morgan fingerprint density at radius 3 is 2.41 bits per heavy atom. The number of rotatable bonds is 4. The van der Waals surface area contributed by atoms with E-state index in [9.17, 15) is 14.7 Å². The molecular weight excluding hydrogens is 426 g/mol. The lowest BCUT2D eigenvalue weighted by atomic mass is 9.94. The number of nitrogens with zero attached hydrogens (tertiary/aromatic N) is 2. The second kappa shape index (κ2) is 8.23. The van der Waals surface area contributed by atoms with Crippen LogP contribution in [-0.4, -0.2) is 35.9 Å². The fourth-order valence-electron chi connectivity index (χ4n) is 4.58. The van der Waals surface area contributed by atoms with E-state index in [0.29, 0.717) is 11.3 Å². The summed E-state index contributed by atoms with van der Waals surface area (Å²) in [4.78, 5) is 33.3. The molecule has 34 heavy (non-hydrogen) atoms. The number of ketones is 1. The van der Waals surface area contributed by atoms with Gasteiger partial charge < -0.3 is 15.0 Å². The summed E-state index contributed by atoms with van der Waals surface area (Å²) in [6.07, 6.45) is 1.67. The number of aliphatic hydroxyl groups is 1. The molecule has 2 N–H and O–H groups in total. The van der Waals surface area contributed by atoms with Crippen molar-refractivity contribution in [2.45, 2.75) is 13.0 Å². The van der Waals surface area contributed by atoms with Gasteiger partial charge in [-0.3, -0.25) is 14.5 Å². The number of aromatic nitrogens is 1. The van der Waals surface area contributed by atoms with E-state index in [1.807, 2.05) is 98.7 Å². The summed E-state index contributed by atoms with van der Waals surface area (Å²) < 4.78 is 0. The van der Waals surface area contributed by atoms with Gasteiger partial charge in [-0.2, -0.15) is 0 Å². The van der Waals surface area contributed by atoms with E-state index in [-0.39, 0.29) is 11.3 Å². The van der Waals surface area contributed by atoms with Gasteiger partial charge in [0, 0.05) is 48.1 Å². The monoisotopic (exact) mass is 451 g/mol. The number of para-hydroxylation sites is 1. The van der Waals surface area contributed by atoms with E-state index in [0.717, 1.165) is 27.7 Å². The number of benzene rings is 3. The Balaban J connectivity index is 1.73. The molecule has 0 bridgehead atoms. The summed E-state index contributed by atoms with van der Waals surface area (Å²) in [5.41, 5.74) is 4.75. The van der Waals surface area contributed by atoms with Crippen molar-refractivity contribution < 1.29 is 14.7 Å². The van der Waals surface area contributed by atoms with Crippen molar-refractivity contribution in [2.24, 2.45) is 0 Å². The SMILES string of the molecule is Cc1cccc(C2/C(=C(/O)c3c[nH]c4ccccc34)C(=O)C(=O)N2c2ccc(N(C)C)cc2)c1. The zero-order valence-electron chi connectivity index (χ0n) is 19.2. The molecule has 2 heterocycles. The quantitative estimate of drug-likeness (QED) is 0.255. The predicted molar refractivity (Wildman–Crippen MR) is 135 cm³/mol. The number of nitrogens with one attached hydrogen (secondary N) is 1. The summed E-state index contributed by atoms with van der Waals surface area (Å²) in [6.45, 7) is 1.96. The van der Waals surface area contributed by atoms with Gasteiger partial charge in [0.1, 0.15) is 5.76 Å². The summed E-state index contributed by atoms with van der Waals surface area (Å²) in [7, 11) is 3.88. The van der Waals surface area contributed by atoms with Gasteiger partial charge in [-0.05, 0) is 42.8 Å². The van der Waals surface area contributed by atoms with Crippen molar-refractivity contribution in [3.05, 3.63) is 101 Å². The number of carbonyl (C=O) groups is 2. The molecular formula is C28H25N3O3. The van der Waals surface area contributed by atoms with Crippen LogP contribution in [0.15, 0.2) is 84.6 Å². The van der Waals surface area contributed by atoms with Crippen molar-refractivity contribution in [3.8, 4) is 0 Å². The fraction of sp³-hybridized carbons (Fsp3) is 0.143. The van der Waals surface area contributed by atoms with Crippen LogP contribution < -0.4 is 9.80 Å². The van der Waals surface area contributed by atoms with E-state index in [4.69, 9.17) is 0 Å². The molecule has 4 aromatic rings. The molecule has 1 aliphatic heterocycles. The van der Waals surface area contributed by atoms with E-state index in [1.165, 1.54) is 4.90 Å². The van der Waals surface area contributed by atoms with Gasteiger partial charge >= 0.3 is 0 Å². The summed E-state index contributed by atoms with van der Waals surface area (Å²) >= 11 is 0. The Morgan fingerprint density at radius 2 is 1.71 bits per heavy atom. The maximum atomic E-state index is 13.4. The van der Waals surface area contributed by atoms with Crippen molar-refractivity contribution in [1.29, 1.82) is 0 Å². The molecule has 3 aromatic carbocycles. The highest BCUT2D eigenvalue weighted by molar-refractivity contribution is 6.51. The summed E-state index contributed by atoms with van der Waals surface area (Å²) in [6, 6.07) is 21.9. The van der Waals surface area contributed by atoms with Crippen LogP contribution in [-0.2, 0) is 9.59 Å². The first-order valence-corrected chi connectivity index (χ1v) is 11.1. The van der Waals surface area contributed by atoms with E-state index < -0.39 is 17.7 Å². The first-order chi connectivity index (χ1) is 16.4. The number of fused-ring (bicyclic) bond motifs is 1. The Hall–Kier alpha value is -4.32. The lowest BCUT2D eigenvalue weighted by Gasteiger charge is -2.26. The van der Waals surface area contributed by atoms with E-state index >= 15 is 0 Å². The third-order valence-corrected chi connectivity index (χ3v) is 6.29. The third-order valence-electron chi connectivity index (χ3n) is 6.29. The molecule has 6 nitrogen and oxygen atoms in total. The topological polar surface area (TPSA) is 76.6 Å². The highest BCUT2D eigenvalue weighted by Gasteiger charge is 2.47. The van der Waals surface area contributed by atoms with Crippen molar-refractivity contribution in [2.75, 3.05) is 23.9 Å². The number of aryl methyl sites for hydroxylation is 1. The molecule has 1 atom stereocenters. The summed E-state index contributed by atoms with van der Waals surface area (Å²) in [5, 5.41) is 12.2. The van der Waals surface area contributed by atoms with Crippen molar-refractivity contribution in [3.63, 3.8) is 0 Å². The van der Waals surface area contributed by atoms with Crippen LogP contribution in [0.3, 0.4) is 0 Å². The van der Waals surface area contributed by atoms with Crippen LogP contribution in [0.1, 0.15) is 22.7 Å². The molecule has 1 amide bonds. The van der Waals surface area contributed by atoms with Crippen LogP contribution in [0.25, 0.3) is 16.7 Å². The second-order valence-corrected chi connectivity index (χ2v) is 8.74. The highest BCUT2D eigenvalue weighted by atomic mass is 16.3. The first kappa shape index (κ1) is 21.5. The fourth-order valence-corrected chi connectivity index (χ4v) is 4.58. The minimum Gasteiger partial charge on any atom is -0.507 e. The van der Waals surface area contributed by atoms with Crippen LogP contribution >= 0.6 is 0 Å². The van der Waals surface area contributed by atoms with Crippen LogP contribution in [0.4, 0.5) is 11.4 Å². The molecule has 1 saturated heterocycles. The smallest absolute Gasteiger partial charge is 0.300 e. The Morgan fingerprint density at radius 1 is 0.971 bits per heavy atom. The third kappa shape index (κ3) is 3.44. The zero-order chi connectivity index (χ0) is 24.0. The molecule has 170 valence electrons. The van der Waals surface area contributed by atoms with Crippen molar-refractivity contribution in [1.82, 2.24) is 4.98 Å². The standard InChI is InChI=1S/C28H25N3O3/c1-17-7-6-8-18(15-17)25-24(26(32)22-16-29-23-10-5-4-9-21(22)23)27(33)28(34)31(25)20-13-11-19(12-14-20)30(2)3/h4-16,25,29,32H,1-3H3/b26-24-. The number of anilines is 2. The molecule has 1 unspecified atom stereocenters. The van der Waals surface area contributed by atoms with Gasteiger partial charge in [0.2, 0.25) is 0 Å². The minimum atomic E-state index is -0.751. The van der Waals surface area contributed by atoms with Gasteiger partial charge in [0.05, 0.1) is 11.6 Å². The zero-order valence-corrected chi connectivity index (χ0v) is 19.2. The molecule has 0 saturated carbocycles. The largest absolute Gasteiger partial charge is 0.507 e. The van der Waals surface area contributed by atoms with Gasteiger partial charge in [-0.1, -0.05) is 48.0 Å². The lowest BCUT2D eigenvalue weighted by Crippen LogP contribution is -2.29. The summed E-state index contributed by atoms with van der Waals surface area (Å²) in [5.74, 6) is -1.55. The maximum absolute atomic E-state index is 13.4. The molecule has 1 aliphatic rings. The number of H-pyrrole nitrogens is 1. The minimum absolute atomic E-state index is 0.0806. The molecule has 6 heteroatoms. The number of hydrogen-bond acceptors (Lipinski definition) is 4. The second-order valence-electron chi connectivity index (χ2n) is 8.74. The number of hydrogen-bond donors (Lipinski definition) is 2. The number of carbonyl (C=O) groups excluding carboxylic acids is 2. The number of amides is 1. The van der Waals surface area contributed by atoms with Crippen LogP contribution in [0, 0.1) is 6.92 Å². The molecule has 0 radical (unpaired) electrons. The predicted octanol–water partition coefficient (Wildman–Crippen LogP) is 5.17. The Bertz CT molecular complexity index is 1450. The van der Waals surface area contributed by atoms with Gasteiger partial charge in [0.25, 0.3) is 11.7 Å². The molecule has 0 spiro atoms. The molecule has 1 aromatic heterocycles. The maximum Gasteiger partial charge on any atom is 0.300 e. The van der Waals surface area contributed by atoms with Crippen LogP contribution in [0.5, 0.6) is 0 Å². The number of aromatic amines is 1. The molecule has 1 fully saturated rings. The van der Waals surface area contributed by atoms with Gasteiger partial charge in [-0.25, -0.2) is 0 Å². The first-order valence-electron chi connectivity index (χ1n) is 11.1. The van der Waals surface area contributed by atoms with Crippen molar-refractivity contribution >= 4 is 39.7 Å². The molecule has 5 rings (SSSR count). The van der Waals surface area contributed by atoms with Gasteiger partial charge in [0.15, 0.2) is 0 Å². The number of Topliss-reactive ketones (excluding diaryl/α,β-unsaturated/α-hetero) is 1.